The first-order valence-electron chi connectivity index (χ1n) is 8.52. The Morgan fingerprint density at radius 2 is 1.96 bits per heavy atom. The highest BCUT2D eigenvalue weighted by Gasteiger charge is 2.18. The number of benzene rings is 2. The fraction of sp³-hybridized carbons (Fsp3) is 0.200. The lowest BCUT2D eigenvalue weighted by atomic mass is 10.1. The maximum absolute atomic E-state index is 12.7. The fourth-order valence-corrected chi connectivity index (χ4v) is 3.17. The second-order valence-corrected chi connectivity index (χ2v) is 6.94. The minimum absolute atomic E-state index is 0.0733. The number of hydrogen-bond donors (Lipinski definition) is 2. The number of phenolic OH excluding ortho intramolecular Hbond substituents is 1. The largest absolute Gasteiger partial charge is 0.506 e. The number of phenols is 1. The Bertz CT molecular complexity index is 964. The number of anilines is 2. The lowest BCUT2D eigenvalue weighted by Gasteiger charge is -2.30. The first-order chi connectivity index (χ1) is 13.5. The number of nitrogens with one attached hydrogen (secondary N) is 1. The van der Waals surface area contributed by atoms with E-state index in [1.807, 2.05) is 12.1 Å². The van der Waals surface area contributed by atoms with Crippen molar-refractivity contribution in [1.82, 2.24) is 0 Å². The number of carbonyl (C=O) groups is 1. The van der Waals surface area contributed by atoms with E-state index in [0.717, 1.165) is 5.69 Å². The molecule has 0 saturated carbocycles. The molecule has 0 aromatic heterocycles. The van der Waals surface area contributed by atoms with E-state index >= 15 is 0 Å². The third-order valence-electron chi connectivity index (χ3n) is 4.21. The van der Waals surface area contributed by atoms with E-state index in [0.29, 0.717) is 42.6 Å². The first kappa shape index (κ1) is 20.0. The predicted octanol–water partition coefficient (Wildman–Crippen LogP) is 4.08. The van der Waals surface area contributed by atoms with Crippen LogP contribution in [0.25, 0.3) is 6.08 Å². The molecule has 1 heterocycles. The van der Waals surface area contributed by atoms with Gasteiger partial charge in [-0.25, -0.2) is 0 Å². The van der Waals surface area contributed by atoms with Crippen LogP contribution in [0.3, 0.4) is 0 Å². The Morgan fingerprint density at radius 1 is 1.21 bits per heavy atom. The minimum atomic E-state index is -0.566. The third-order valence-corrected chi connectivity index (χ3v) is 4.74. The van der Waals surface area contributed by atoms with E-state index in [1.54, 1.807) is 18.2 Å². The van der Waals surface area contributed by atoms with Crippen LogP contribution in [0.2, 0.25) is 10.0 Å². The van der Waals surface area contributed by atoms with E-state index in [1.165, 1.54) is 18.2 Å². The molecule has 2 aromatic carbocycles. The van der Waals surface area contributed by atoms with Gasteiger partial charge >= 0.3 is 0 Å². The van der Waals surface area contributed by atoms with Crippen LogP contribution in [0.4, 0.5) is 11.4 Å². The zero-order chi connectivity index (χ0) is 20.1. The van der Waals surface area contributed by atoms with Crippen LogP contribution in [0.1, 0.15) is 5.56 Å². The van der Waals surface area contributed by atoms with Crippen molar-refractivity contribution in [1.29, 1.82) is 5.26 Å². The van der Waals surface area contributed by atoms with Crippen LogP contribution in [0.15, 0.2) is 42.0 Å². The summed E-state index contributed by atoms with van der Waals surface area (Å²) in [7, 11) is 0. The fourth-order valence-electron chi connectivity index (χ4n) is 2.81. The lowest BCUT2D eigenvalue weighted by molar-refractivity contribution is -0.112. The SMILES string of the molecule is N#CC(=Cc1ccc(O)c(Cl)c1)C(=O)Nc1cc(Cl)ccc1N1CCOCC1. The molecule has 28 heavy (non-hydrogen) atoms. The van der Waals surface area contributed by atoms with Gasteiger partial charge in [0.1, 0.15) is 17.4 Å². The molecule has 8 heteroatoms. The van der Waals surface area contributed by atoms with Crippen molar-refractivity contribution in [2.45, 2.75) is 0 Å². The summed E-state index contributed by atoms with van der Waals surface area (Å²) in [6, 6.07) is 11.6. The second kappa shape index (κ2) is 8.98. The molecule has 0 aliphatic carbocycles. The van der Waals surface area contributed by atoms with Gasteiger partial charge in [-0.3, -0.25) is 4.79 Å². The third kappa shape index (κ3) is 4.76. The van der Waals surface area contributed by atoms with Crippen LogP contribution in [0.5, 0.6) is 5.75 Å². The molecular formula is C20H17Cl2N3O3. The number of hydrogen-bond acceptors (Lipinski definition) is 5. The normalized spacial score (nSPS) is 14.5. The zero-order valence-electron chi connectivity index (χ0n) is 14.8. The summed E-state index contributed by atoms with van der Waals surface area (Å²) in [5.41, 5.74) is 1.75. The molecule has 1 amide bonds. The molecule has 0 atom stereocenters. The molecular weight excluding hydrogens is 401 g/mol. The van der Waals surface area contributed by atoms with Crippen molar-refractivity contribution in [2.24, 2.45) is 0 Å². The summed E-state index contributed by atoms with van der Waals surface area (Å²) >= 11 is 12.0. The number of amides is 1. The van der Waals surface area contributed by atoms with Crippen molar-refractivity contribution in [2.75, 3.05) is 36.5 Å². The summed E-state index contributed by atoms with van der Waals surface area (Å²) in [5.74, 6) is -0.640. The molecule has 1 saturated heterocycles. The van der Waals surface area contributed by atoms with Gasteiger partial charge in [-0.1, -0.05) is 29.3 Å². The van der Waals surface area contributed by atoms with Crippen molar-refractivity contribution in [3.05, 3.63) is 57.6 Å². The average molecular weight is 418 g/mol. The molecule has 0 unspecified atom stereocenters. The lowest BCUT2D eigenvalue weighted by Crippen LogP contribution is -2.36. The highest BCUT2D eigenvalue weighted by atomic mass is 35.5. The van der Waals surface area contributed by atoms with E-state index in [9.17, 15) is 15.2 Å². The molecule has 3 rings (SSSR count). The standard InChI is InChI=1S/C20H17Cl2N3O3/c21-15-2-3-18(25-5-7-28-8-6-25)17(11-15)24-20(27)14(12-23)9-13-1-4-19(26)16(22)10-13/h1-4,9-11,26H,5-8H2,(H,24,27). The molecule has 1 aliphatic rings. The van der Waals surface area contributed by atoms with Gasteiger partial charge in [-0.2, -0.15) is 5.26 Å². The van der Waals surface area contributed by atoms with Crippen LogP contribution in [-0.4, -0.2) is 37.3 Å². The summed E-state index contributed by atoms with van der Waals surface area (Å²) in [4.78, 5) is 14.8. The maximum atomic E-state index is 12.7. The zero-order valence-corrected chi connectivity index (χ0v) is 16.3. The van der Waals surface area contributed by atoms with Gasteiger partial charge in [0.2, 0.25) is 0 Å². The van der Waals surface area contributed by atoms with Crippen molar-refractivity contribution in [3.63, 3.8) is 0 Å². The summed E-state index contributed by atoms with van der Waals surface area (Å²) in [6.07, 6.45) is 1.40. The van der Waals surface area contributed by atoms with E-state index < -0.39 is 5.91 Å². The number of aromatic hydroxyl groups is 1. The van der Waals surface area contributed by atoms with Gasteiger partial charge in [0.15, 0.2) is 0 Å². The molecule has 6 nitrogen and oxygen atoms in total. The minimum Gasteiger partial charge on any atom is -0.506 e. The molecule has 0 spiro atoms. The molecule has 1 aliphatic heterocycles. The Kier molecular flexibility index (Phi) is 6.42. The Morgan fingerprint density at radius 3 is 2.64 bits per heavy atom. The molecule has 144 valence electrons. The quantitative estimate of drug-likeness (QED) is 0.577. The van der Waals surface area contributed by atoms with E-state index in [4.69, 9.17) is 27.9 Å². The highest BCUT2D eigenvalue weighted by molar-refractivity contribution is 6.32. The Balaban J connectivity index is 1.86. The van der Waals surface area contributed by atoms with Gasteiger partial charge in [0.05, 0.1) is 29.6 Å². The van der Waals surface area contributed by atoms with Crippen LogP contribution in [0, 0.1) is 11.3 Å². The molecule has 1 fully saturated rings. The number of morpholine rings is 1. The smallest absolute Gasteiger partial charge is 0.266 e. The molecule has 2 aromatic rings. The first-order valence-corrected chi connectivity index (χ1v) is 9.27. The number of nitrogens with zero attached hydrogens (tertiary/aromatic N) is 2. The number of halogens is 2. The maximum Gasteiger partial charge on any atom is 0.266 e. The second-order valence-electron chi connectivity index (χ2n) is 6.10. The van der Waals surface area contributed by atoms with E-state index in [-0.39, 0.29) is 16.3 Å². The van der Waals surface area contributed by atoms with Crippen molar-refractivity contribution >= 4 is 46.6 Å². The molecule has 2 N–H and O–H groups in total. The molecule has 0 bridgehead atoms. The topological polar surface area (TPSA) is 85.6 Å². The summed E-state index contributed by atoms with van der Waals surface area (Å²) < 4.78 is 5.37. The summed E-state index contributed by atoms with van der Waals surface area (Å²) in [6.45, 7) is 2.58. The monoisotopic (exact) mass is 417 g/mol. The molecule has 0 radical (unpaired) electrons. The summed E-state index contributed by atoms with van der Waals surface area (Å²) in [5, 5.41) is 22.3. The van der Waals surface area contributed by atoms with Gasteiger partial charge in [0.25, 0.3) is 5.91 Å². The predicted molar refractivity (Wildman–Crippen MR) is 110 cm³/mol. The average Bonchev–Trinajstić information content (AvgIpc) is 2.69. The van der Waals surface area contributed by atoms with Crippen molar-refractivity contribution in [3.8, 4) is 11.8 Å². The van der Waals surface area contributed by atoms with Gasteiger partial charge < -0.3 is 20.1 Å². The number of rotatable bonds is 4. The van der Waals surface area contributed by atoms with Crippen molar-refractivity contribution < 1.29 is 14.6 Å². The number of ether oxygens (including phenoxy) is 1. The van der Waals surface area contributed by atoms with Crippen LogP contribution in [-0.2, 0) is 9.53 Å². The van der Waals surface area contributed by atoms with Crippen LogP contribution >= 0.6 is 23.2 Å². The van der Waals surface area contributed by atoms with E-state index in [2.05, 4.69) is 10.2 Å². The Hall–Kier alpha value is -2.72. The van der Waals surface area contributed by atoms with Gasteiger partial charge in [-0.15, -0.1) is 0 Å². The number of nitriles is 1. The highest BCUT2D eigenvalue weighted by Crippen LogP contribution is 2.30. The van der Waals surface area contributed by atoms with Gasteiger partial charge in [0, 0.05) is 18.1 Å². The Labute approximate surface area is 172 Å². The van der Waals surface area contributed by atoms with Gasteiger partial charge in [-0.05, 0) is 42.0 Å². The number of carbonyl (C=O) groups excluding carboxylic acids is 1. The van der Waals surface area contributed by atoms with Crippen LogP contribution < -0.4 is 10.2 Å².